The Morgan fingerprint density at radius 3 is 1.97 bits per heavy atom. The average molecular weight is 506 g/mol. The van der Waals surface area contributed by atoms with Crippen LogP contribution in [-0.4, -0.2) is 60.8 Å². The molecule has 1 fully saturated rings. The number of hydrogen-bond acceptors (Lipinski definition) is 5. The van der Waals surface area contributed by atoms with E-state index in [0.717, 1.165) is 29.8 Å². The predicted molar refractivity (Wildman–Crippen MR) is 147 cm³/mol. The average Bonchev–Trinajstić information content (AvgIpc) is 3.63. The van der Waals surface area contributed by atoms with E-state index >= 15 is 0 Å². The lowest BCUT2D eigenvalue weighted by atomic mass is 9.89. The Labute approximate surface area is 221 Å². The molecule has 37 heavy (non-hydrogen) atoms. The van der Waals surface area contributed by atoms with Gasteiger partial charge < -0.3 is 25.1 Å². The smallest absolute Gasteiger partial charge is 0.227 e. The molecule has 2 aromatic heterocycles. The lowest BCUT2D eigenvalue weighted by Crippen LogP contribution is -2.43. The minimum atomic E-state index is 0.0515. The van der Waals surface area contributed by atoms with E-state index in [-0.39, 0.29) is 5.91 Å². The highest BCUT2D eigenvalue weighted by Gasteiger charge is 2.25. The van der Waals surface area contributed by atoms with Crippen LogP contribution in [0.2, 0.25) is 0 Å². The number of rotatable bonds is 14. The van der Waals surface area contributed by atoms with Crippen molar-refractivity contribution in [3.05, 3.63) is 71.8 Å². The molecular formula is C29H43N7O. The van der Waals surface area contributed by atoms with E-state index in [1.807, 2.05) is 0 Å². The van der Waals surface area contributed by atoms with Gasteiger partial charge in [0.25, 0.3) is 0 Å². The molecule has 0 radical (unpaired) electrons. The molecule has 1 aliphatic rings. The molecule has 1 aromatic carbocycles. The van der Waals surface area contributed by atoms with Crippen molar-refractivity contribution in [3.63, 3.8) is 0 Å². The third-order valence-electron chi connectivity index (χ3n) is 7.35. The minimum Gasteiger partial charge on any atom is -0.347 e. The summed E-state index contributed by atoms with van der Waals surface area (Å²) in [6, 6.07) is 9.81. The van der Waals surface area contributed by atoms with Crippen molar-refractivity contribution in [3.8, 4) is 0 Å². The van der Waals surface area contributed by atoms with Gasteiger partial charge in [0.2, 0.25) is 5.91 Å². The molecule has 3 N–H and O–H groups in total. The van der Waals surface area contributed by atoms with E-state index in [4.69, 9.17) is 0 Å². The molecule has 1 amide bonds. The summed E-state index contributed by atoms with van der Waals surface area (Å²) in [7, 11) is 0. The Bertz CT molecular complexity index is 983. The molecule has 0 saturated heterocycles. The summed E-state index contributed by atoms with van der Waals surface area (Å²) in [5.74, 6) is 1.58. The zero-order chi connectivity index (χ0) is 25.9. The zero-order valence-electron chi connectivity index (χ0n) is 22.5. The summed E-state index contributed by atoms with van der Waals surface area (Å²) in [6.45, 7) is 8.75. The number of hydrogen-bond donors (Lipinski definition) is 3. The van der Waals surface area contributed by atoms with E-state index in [1.54, 1.807) is 29.7 Å². The van der Waals surface area contributed by atoms with Crippen molar-refractivity contribution in [2.45, 2.75) is 90.5 Å². The Morgan fingerprint density at radius 1 is 0.892 bits per heavy atom. The molecule has 8 heteroatoms. The van der Waals surface area contributed by atoms with Crippen LogP contribution in [0.4, 0.5) is 0 Å². The van der Waals surface area contributed by atoms with Gasteiger partial charge in [-0.25, -0.2) is 9.97 Å². The second kappa shape index (κ2) is 14.1. The highest BCUT2D eigenvalue weighted by Crippen LogP contribution is 2.24. The Kier molecular flexibility index (Phi) is 10.3. The number of amides is 1. The lowest BCUT2D eigenvalue weighted by Gasteiger charge is -2.37. The number of H-pyrrole nitrogens is 2. The van der Waals surface area contributed by atoms with Gasteiger partial charge in [-0.2, -0.15) is 0 Å². The van der Waals surface area contributed by atoms with Crippen LogP contribution in [0.1, 0.15) is 75.1 Å². The number of carbonyl (C=O) groups is 1. The van der Waals surface area contributed by atoms with Crippen LogP contribution in [0.25, 0.3) is 0 Å². The SMILES string of the molecule is CCCN(CCC)C1CCC(NCc2ccc(CC(=O)N(Cc3ncc[nH]3)Cc3ncc[nH]3)cc2)CC1. The molecule has 0 bridgehead atoms. The van der Waals surface area contributed by atoms with Crippen LogP contribution in [0, 0.1) is 0 Å². The number of aromatic nitrogens is 4. The molecule has 3 aromatic rings. The van der Waals surface area contributed by atoms with Crippen molar-refractivity contribution in [1.29, 1.82) is 0 Å². The lowest BCUT2D eigenvalue weighted by molar-refractivity contribution is -0.132. The number of aromatic amines is 2. The first-order valence-electron chi connectivity index (χ1n) is 13.9. The quantitative estimate of drug-likeness (QED) is 0.301. The zero-order valence-corrected chi connectivity index (χ0v) is 22.5. The minimum absolute atomic E-state index is 0.0515. The number of nitrogens with one attached hydrogen (secondary N) is 3. The number of nitrogens with zero attached hydrogens (tertiary/aromatic N) is 4. The van der Waals surface area contributed by atoms with Crippen LogP contribution in [0.15, 0.2) is 49.1 Å². The number of benzene rings is 1. The monoisotopic (exact) mass is 505 g/mol. The van der Waals surface area contributed by atoms with Crippen molar-refractivity contribution < 1.29 is 4.79 Å². The van der Waals surface area contributed by atoms with Crippen molar-refractivity contribution in [1.82, 2.24) is 35.1 Å². The van der Waals surface area contributed by atoms with E-state index in [0.29, 0.717) is 25.6 Å². The van der Waals surface area contributed by atoms with E-state index < -0.39 is 0 Å². The highest BCUT2D eigenvalue weighted by molar-refractivity contribution is 5.78. The van der Waals surface area contributed by atoms with E-state index in [1.165, 1.54) is 57.2 Å². The molecule has 1 aliphatic carbocycles. The van der Waals surface area contributed by atoms with Gasteiger partial charge in [-0.15, -0.1) is 0 Å². The van der Waals surface area contributed by atoms with Gasteiger partial charge in [0.1, 0.15) is 11.6 Å². The fourth-order valence-corrected chi connectivity index (χ4v) is 5.38. The highest BCUT2D eigenvalue weighted by atomic mass is 16.2. The Balaban J connectivity index is 1.24. The van der Waals surface area contributed by atoms with Crippen LogP contribution >= 0.6 is 0 Å². The summed E-state index contributed by atoms with van der Waals surface area (Å²) in [4.78, 5) is 32.4. The van der Waals surface area contributed by atoms with Gasteiger partial charge in [0.05, 0.1) is 19.5 Å². The molecule has 4 rings (SSSR count). The summed E-state index contributed by atoms with van der Waals surface area (Å²) >= 11 is 0. The molecule has 2 heterocycles. The topological polar surface area (TPSA) is 92.9 Å². The molecule has 200 valence electrons. The number of carbonyl (C=O) groups excluding carboxylic acids is 1. The van der Waals surface area contributed by atoms with Gasteiger partial charge in [-0.1, -0.05) is 38.1 Å². The Morgan fingerprint density at radius 2 is 1.46 bits per heavy atom. The first-order chi connectivity index (χ1) is 18.1. The van der Waals surface area contributed by atoms with Gasteiger partial charge in [-0.05, 0) is 62.7 Å². The van der Waals surface area contributed by atoms with E-state index in [2.05, 4.69) is 68.3 Å². The fraction of sp³-hybridized carbons (Fsp3) is 0.552. The molecule has 0 aliphatic heterocycles. The van der Waals surface area contributed by atoms with Gasteiger partial charge in [0.15, 0.2) is 0 Å². The van der Waals surface area contributed by atoms with Gasteiger partial charge in [-0.3, -0.25) is 4.79 Å². The fourth-order valence-electron chi connectivity index (χ4n) is 5.38. The number of imidazole rings is 2. The van der Waals surface area contributed by atoms with Crippen LogP contribution < -0.4 is 5.32 Å². The third kappa shape index (κ3) is 8.27. The van der Waals surface area contributed by atoms with Crippen LogP contribution in [0.5, 0.6) is 0 Å². The summed E-state index contributed by atoms with van der Waals surface area (Å²) in [5.41, 5.74) is 2.28. The molecule has 1 saturated carbocycles. The van der Waals surface area contributed by atoms with Crippen LogP contribution in [-0.2, 0) is 30.8 Å². The first-order valence-corrected chi connectivity index (χ1v) is 13.9. The predicted octanol–water partition coefficient (Wildman–Crippen LogP) is 4.43. The summed E-state index contributed by atoms with van der Waals surface area (Å²) in [5, 5.41) is 3.77. The third-order valence-corrected chi connectivity index (χ3v) is 7.35. The second-order valence-electron chi connectivity index (χ2n) is 10.2. The van der Waals surface area contributed by atoms with Gasteiger partial charge >= 0.3 is 0 Å². The summed E-state index contributed by atoms with van der Waals surface area (Å²) in [6.07, 6.45) is 14.9. The van der Waals surface area contributed by atoms with Crippen LogP contribution in [0.3, 0.4) is 0 Å². The largest absolute Gasteiger partial charge is 0.347 e. The summed E-state index contributed by atoms with van der Waals surface area (Å²) < 4.78 is 0. The van der Waals surface area contributed by atoms with Crippen molar-refractivity contribution in [2.24, 2.45) is 0 Å². The Hall–Kier alpha value is -2.97. The normalized spacial score (nSPS) is 17.8. The maximum Gasteiger partial charge on any atom is 0.227 e. The molecule has 0 atom stereocenters. The first kappa shape index (κ1) is 27.1. The molecule has 0 unspecified atom stereocenters. The van der Waals surface area contributed by atoms with Gasteiger partial charge in [0, 0.05) is 43.4 Å². The van der Waals surface area contributed by atoms with E-state index in [9.17, 15) is 4.79 Å². The van der Waals surface area contributed by atoms with Crippen molar-refractivity contribution in [2.75, 3.05) is 13.1 Å². The molecule has 0 spiro atoms. The maximum atomic E-state index is 13.2. The molecule has 8 nitrogen and oxygen atoms in total. The molecular weight excluding hydrogens is 462 g/mol. The second-order valence-corrected chi connectivity index (χ2v) is 10.2. The maximum absolute atomic E-state index is 13.2. The van der Waals surface area contributed by atoms with Crippen molar-refractivity contribution >= 4 is 5.91 Å². The standard InChI is InChI=1S/C29H43N7O/c1-3-17-35(18-4-2)26-11-9-25(10-12-26)34-20-24-7-5-23(6-8-24)19-29(37)36(21-27-30-13-14-31-27)22-28-32-15-16-33-28/h5-8,13-16,25-26,34H,3-4,9-12,17-22H2,1-2H3,(H,30,31)(H,32,33).